The Bertz CT molecular complexity index is 1030. The minimum Gasteiger partial charge on any atom is -0.483 e. The Morgan fingerprint density at radius 2 is 1.43 bits per heavy atom. The number of urea groups is 1. The molecule has 0 aliphatic heterocycles. The molecule has 0 aliphatic carbocycles. The molecule has 0 bridgehead atoms. The third-order valence-electron chi connectivity index (χ3n) is 4.37. The van der Waals surface area contributed by atoms with Crippen LogP contribution in [-0.2, 0) is 5.60 Å². The second-order valence-electron chi connectivity index (χ2n) is 7.01. The molecule has 0 fully saturated rings. The molecule has 0 radical (unpaired) electrons. The van der Waals surface area contributed by atoms with E-state index in [0.29, 0.717) is 11.4 Å². The van der Waals surface area contributed by atoms with E-state index in [1.54, 1.807) is 24.3 Å². The van der Waals surface area contributed by atoms with Gasteiger partial charge in [-0.1, -0.05) is 36.4 Å². The van der Waals surface area contributed by atoms with Gasteiger partial charge in [-0.2, -0.15) is 0 Å². The largest absolute Gasteiger partial charge is 0.483 e. The molecule has 2 N–H and O–H groups in total. The van der Waals surface area contributed by atoms with Gasteiger partial charge in [0.25, 0.3) is 5.91 Å². The Morgan fingerprint density at radius 3 is 2.03 bits per heavy atom. The number of benzene rings is 3. The van der Waals surface area contributed by atoms with Gasteiger partial charge in [0.15, 0.2) is 0 Å². The van der Waals surface area contributed by atoms with Crippen molar-refractivity contribution in [3.63, 3.8) is 0 Å². The van der Waals surface area contributed by atoms with Crippen molar-refractivity contribution in [3.05, 3.63) is 95.6 Å². The predicted octanol–water partition coefficient (Wildman–Crippen LogP) is 5.24. The Hall–Kier alpha value is -3.74. The molecule has 30 heavy (non-hydrogen) atoms. The lowest BCUT2D eigenvalue weighted by Gasteiger charge is -2.27. The van der Waals surface area contributed by atoms with E-state index in [9.17, 15) is 18.4 Å². The molecular weight excluding hydrogens is 390 g/mol. The first kappa shape index (κ1) is 21.0. The maximum absolute atomic E-state index is 13.6. The zero-order valence-corrected chi connectivity index (χ0v) is 16.4. The van der Waals surface area contributed by atoms with Crippen LogP contribution in [0.5, 0.6) is 5.75 Å². The van der Waals surface area contributed by atoms with E-state index in [1.807, 2.05) is 49.5 Å². The molecule has 0 aliphatic rings. The minimum atomic E-state index is -1.17. The zero-order chi connectivity index (χ0) is 21.7. The number of nitrogens with one attached hydrogen (secondary N) is 2. The van der Waals surface area contributed by atoms with E-state index in [2.05, 4.69) is 5.32 Å². The number of halogens is 2. The van der Waals surface area contributed by atoms with Crippen LogP contribution in [0.25, 0.3) is 0 Å². The predicted molar refractivity (Wildman–Crippen MR) is 109 cm³/mol. The maximum atomic E-state index is 13.6. The Kier molecular flexibility index (Phi) is 6.11. The summed E-state index contributed by atoms with van der Waals surface area (Å²) in [5.41, 5.74) is -0.00622. The van der Waals surface area contributed by atoms with E-state index in [-0.39, 0.29) is 0 Å². The van der Waals surface area contributed by atoms with E-state index in [0.717, 1.165) is 23.8 Å². The van der Waals surface area contributed by atoms with Crippen LogP contribution >= 0.6 is 0 Å². The lowest BCUT2D eigenvalue weighted by atomic mass is 9.98. The summed E-state index contributed by atoms with van der Waals surface area (Å²) < 4.78 is 33.3. The highest BCUT2D eigenvalue weighted by Crippen LogP contribution is 2.28. The number of rotatable bonds is 5. The lowest BCUT2D eigenvalue weighted by molar-refractivity contribution is 0.0958. The Labute approximate surface area is 172 Å². The number of amides is 3. The number of anilines is 1. The summed E-state index contributed by atoms with van der Waals surface area (Å²) in [6.07, 6.45) is 0. The summed E-state index contributed by atoms with van der Waals surface area (Å²) in [4.78, 5) is 24.0. The quantitative estimate of drug-likeness (QED) is 0.604. The summed E-state index contributed by atoms with van der Waals surface area (Å²) in [5, 5.41) is 4.33. The molecule has 3 rings (SSSR count). The molecule has 154 valence electrons. The first-order valence-corrected chi connectivity index (χ1v) is 9.17. The molecule has 3 aromatic carbocycles. The van der Waals surface area contributed by atoms with E-state index in [4.69, 9.17) is 4.74 Å². The van der Waals surface area contributed by atoms with Crippen molar-refractivity contribution in [1.82, 2.24) is 5.32 Å². The molecule has 0 heterocycles. The first-order valence-electron chi connectivity index (χ1n) is 9.17. The standard InChI is InChI=1S/C23H20F2N2O3/c1-23(2,15-7-4-3-5-8-15)30-17-13-11-16(12-14-17)26-22(29)27-21(28)20-18(24)9-6-10-19(20)25/h3-14H,1-2H3,(H2,26,27,28,29). The third kappa shape index (κ3) is 5.00. The highest BCUT2D eigenvalue weighted by atomic mass is 19.1. The van der Waals surface area contributed by atoms with Crippen LogP contribution in [0.15, 0.2) is 72.8 Å². The number of hydrogen-bond acceptors (Lipinski definition) is 3. The van der Waals surface area contributed by atoms with Crippen LogP contribution in [-0.4, -0.2) is 11.9 Å². The van der Waals surface area contributed by atoms with Gasteiger partial charge in [0.05, 0.1) is 0 Å². The Morgan fingerprint density at radius 1 is 0.833 bits per heavy atom. The summed E-state index contributed by atoms with van der Waals surface area (Å²) in [6.45, 7) is 3.88. The third-order valence-corrected chi connectivity index (χ3v) is 4.37. The summed E-state index contributed by atoms with van der Waals surface area (Å²) in [7, 11) is 0. The molecule has 0 unspecified atom stereocenters. The van der Waals surface area contributed by atoms with Crippen molar-refractivity contribution in [2.75, 3.05) is 5.32 Å². The van der Waals surface area contributed by atoms with Crippen LogP contribution in [0.3, 0.4) is 0 Å². The normalized spacial score (nSPS) is 10.9. The van der Waals surface area contributed by atoms with Crippen LogP contribution in [0, 0.1) is 11.6 Å². The second-order valence-corrected chi connectivity index (χ2v) is 7.01. The van der Waals surface area contributed by atoms with E-state index < -0.39 is 34.7 Å². The van der Waals surface area contributed by atoms with Crippen LogP contribution in [0.1, 0.15) is 29.8 Å². The van der Waals surface area contributed by atoms with Crippen molar-refractivity contribution < 1.29 is 23.1 Å². The van der Waals surface area contributed by atoms with Crippen molar-refractivity contribution >= 4 is 17.6 Å². The number of ether oxygens (including phenoxy) is 1. The number of carbonyl (C=O) groups excluding carboxylic acids is 2. The van der Waals surface area contributed by atoms with Gasteiger partial charge >= 0.3 is 6.03 Å². The highest BCUT2D eigenvalue weighted by Gasteiger charge is 2.22. The summed E-state index contributed by atoms with van der Waals surface area (Å²) >= 11 is 0. The average Bonchev–Trinajstić information content (AvgIpc) is 2.70. The molecule has 5 nitrogen and oxygen atoms in total. The minimum absolute atomic E-state index is 0.374. The Balaban J connectivity index is 1.61. The maximum Gasteiger partial charge on any atom is 0.326 e. The van der Waals surface area contributed by atoms with Gasteiger partial charge in [0, 0.05) is 5.69 Å². The fourth-order valence-corrected chi connectivity index (χ4v) is 2.84. The molecule has 7 heteroatoms. The first-order chi connectivity index (χ1) is 14.3. The van der Waals surface area contributed by atoms with Crippen LogP contribution in [0.4, 0.5) is 19.3 Å². The van der Waals surface area contributed by atoms with Crippen molar-refractivity contribution in [2.45, 2.75) is 19.4 Å². The van der Waals surface area contributed by atoms with Gasteiger partial charge in [-0.15, -0.1) is 0 Å². The fraction of sp³-hybridized carbons (Fsp3) is 0.130. The average molecular weight is 410 g/mol. The van der Waals surface area contributed by atoms with Crippen molar-refractivity contribution in [3.8, 4) is 5.75 Å². The van der Waals surface area contributed by atoms with Crippen LogP contribution < -0.4 is 15.4 Å². The van der Waals surface area contributed by atoms with Crippen molar-refractivity contribution in [2.24, 2.45) is 0 Å². The van der Waals surface area contributed by atoms with Gasteiger partial charge in [-0.25, -0.2) is 13.6 Å². The topological polar surface area (TPSA) is 67.4 Å². The fourth-order valence-electron chi connectivity index (χ4n) is 2.84. The lowest BCUT2D eigenvalue weighted by Crippen LogP contribution is -2.35. The molecule has 0 saturated carbocycles. The van der Waals surface area contributed by atoms with Gasteiger partial charge in [-0.05, 0) is 55.8 Å². The van der Waals surface area contributed by atoms with E-state index in [1.165, 1.54) is 0 Å². The summed E-state index contributed by atoms with van der Waals surface area (Å²) in [5.74, 6) is -2.70. The molecule has 0 spiro atoms. The highest BCUT2D eigenvalue weighted by molar-refractivity contribution is 6.08. The molecule has 3 aromatic rings. The van der Waals surface area contributed by atoms with Crippen LogP contribution in [0.2, 0.25) is 0 Å². The molecular formula is C23H20F2N2O3. The monoisotopic (exact) mass is 410 g/mol. The summed E-state index contributed by atoms with van der Waals surface area (Å²) in [6, 6.07) is 18.3. The zero-order valence-electron chi connectivity index (χ0n) is 16.4. The number of imide groups is 1. The van der Waals surface area contributed by atoms with Gasteiger partial charge in [0.1, 0.15) is 28.5 Å². The smallest absolute Gasteiger partial charge is 0.326 e. The van der Waals surface area contributed by atoms with E-state index >= 15 is 0 Å². The van der Waals surface area contributed by atoms with Gasteiger partial charge < -0.3 is 10.1 Å². The molecule has 3 amide bonds. The second kappa shape index (κ2) is 8.73. The SMILES string of the molecule is CC(C)(Oc1ccc(NC(=O)NC(=O)c2c(F)cccc2F)cc1)c1ccccc1. The molecule has 0 saturated heterocycles. The number of carbonyl (C=O) groups is 2. The number of hydrogen-bond donors (Lipinski definition) is 2. The van der Waals surface area contributed by atoms with Gasteiger partial charge in [0.2, 0.25) is 0 Å². The van der Waals surface area contributed by atoms with Gasteiger partial charge in [-0.3, -0.25) is 10.1 Å². The molecule has 0 atom stereocenters. The molecule has 0 aromatic heterocycles. The van der Waals surface area contributed by atoms with Crippen molar-refractivity contribution in [1.29, 1.82) is 0 Å².